The fraction of sp³-hybridized carbons (Fsp3) is 0.294. The molecule has 0 aliphatic rings. The fourth-order valence-corrected chi connectivity index (χ4v) is 2.38. The Hall–Kier alpha value is -1.56. The molecule has 2 rings (SSSR count). The van der Waals surface area contributed by atoms with Gasteiger partial charge in [-0.25, -0.2) is 0 Å². The van der Waals surface area contributed by atoms with E-state index in [2.05, 4.69) is 76.2 Å². The van der Waals surface area contributed by atoms with Crippen LogP contribution in [0.1, 0.15) is 31.9 Å². The molecule has 0 fully saturated rings. The predicted octanol–water partition coefficient (Wildman–Crippen LogP) is 4.96. The second-order valence-electron chi connectivity index (χ2n) is 5.59. The molecule has 88 valence electrons. The van der Waals surface area contributed by atoms with Gasteiger partial charge in [0.25, 0.3) is 0 Å². The quantitative estimate of drug-likeness (QED) is 0.642. The minimum atomic E-state index is 0.203. The van der Waals surface area contributed by atoms with E-state index in [1.807, 2.05) is 0 Å². The van der Waals surface area contributed by atoms with Crippen LogP contribution in [0.25, 0.3) is 11.1 Å². The molecule has 0 aliphatic heterocycles. The molecule has 0 N–H and O–H groups in total. The van der Waals surface area contributed by atoms with E-state index in [0.29, 0.717) is 0 Å². The molecule has 0 heteroatoms. The molecule has 0 aromatic heterocycles. The van der Waals surface area contributed by atoms with E-state index >= 15 is 0 Å². The van der Waals surface area contributed by atoms with Gasteiger partial charge < -0.3 is 0 Å². The normalized spacial score (nSPS) is 11.5. The standard InChI is InChI=1S/C17H20/c1-13-15(14-9-6-5-7-10-14)11-8-12-16(13)17(2,3)4/h5-12H,1-4H3. The highest BCUT2D eigenvalue weighted by atomic mass is 14.2. The minimum absolute atomic E-state index is 0.203. The zero-order valence-electron chi connectivity index (χ0n) is 11.1. The predicted molar refractivity (Wildman–Crippen MR) is 75.3 cm³/mol. The Balaban J connectivity index is 2.58. The van der Waals surface area contributed by atoms with Crippen molar-refractivity contribution >= 4 is 0 Å². The molecule has 0 saturated heterocycles. The van der Waals surface area contributed by atoms with Crippen LogP contribution in [0.4, 0.5) is 0 Å². The number of hydrogen-bond acceptors (Lipinski definition) is 0. The third-order valence-corrected chi connectivity index (χ3v) is 3.23. The maximum atomic E-state index is 2.27. The zero-order chi connectivity index (χ0) is 12.5. The van der Waals surface area contributed by atoms with Crippen molar-refractivity contribution in [3.8, 4) is 11.1 Å². The number of rotatable bonds is 1. The van der Waals surface area contributed by atoms with Crippen LogP contribution < -0.4 is 0 Å². The van der Waals surface area contributed by atoms with Crippen molar-refractivity contribution in [3.63, 3.8) is 0 Å². The van der Waals surface area contributed by atoms with Crippen molar-refractivity contribution in [2.45, 2.75) is 33.1 Å². The highest BCUT2D eigenvalue weighted by Crippen LogP contribution is 2.32. The van der Waals surface area contributed by atoms with Gasteiger partial charge in [-0.15, -0.1) is 0 Å². The lowest BCUT2D eigenvalue weighted by molar-refractivity contribution is 0.586. The van der Waals surface area contributed by atoms with Crippen LogP contribution >= 0.6 is 0 Å². The lowest BCUT2D eigenvalue weighted by Gasteiger charge is -2.23. The first-order valence-electron chi connectivity index (χ1n) is 6.15. The van der Waals surface area contributed by atoms with Crippen LogP contribution in [-0.4, -0.2) is 0 Å². The van der Waals surface area contributed by atoms with Crippen LogP contribution in [0, 0.1) is 6.92 Å². The molecule has 0 atom stereocenters. The highest BCUT2D eigenvalue weighted by molar-refractivity contribution is 5.68. The first-order valence-corrected chi connectivity index (χ1v) is 6.15. The zero-order valence-corrected chi connectivity index (χ0v) is 11.1. The van der Waals surface area contributed by atoms with E-state index < -0.39 is 0 Å². The molecule has 0 bridgehead atoms. The van der Waals surface area contributed by atoms with Gasteiger partial charge in [-0.1, -0.05) is 69.3 Å². The molecule has 2 aromatic rings. The molecule has 0 nitrogen and oxygen atoms in total. The summed E-state index contributed by atoms with van der Waals surface area (Å²) in [6.45, 7) is 9.03. The molecule has 0 unspecified atom stereocenters. The van der Waals surface area contributed by atoms with Gasteiger partial charge in [0.15, 0.2) is 0 Å². The van der Waals surface area contributed by atoms with Crippen molar-refractivity contribution in [2.24, 2.45) is 0 Å². The Morgan fingerprint density at radius 3 is 2.00 bits per heavy atom. The van der Waals surface area contributed by atoms with Crippen LogP contribution in [0.2, 0.25) is 0 Å². The van der Waals surface area contributed by atoms with Crippen LogP contribution in [0.3, 0.4) is 0 Å². The second kappa shape index (κ2) is 4.37. The molecule has 0 heterocycles. The number of benzene rings is 2. The summed E-state index contributed by atoms with van der Waals surface area (Å²) in [7, 11) is 0. The van der Waals surface area contributed by atoms with E-state index in [4.69, 9.17) is 0 Å². The Morgan fingerprint density at radius 1 is 0.765 bits per heavy atom. The van der Waals surface area contributed by atoms with Gasteiger partial charge in [0.05, 0.1) is 0 Å². The van der Waals surface area contributed by atoms with Crippen molar-refractivity contribution in [3.05, 3.63) is 59.7 Å². The maximum Gasteiger partial charge on any atom is -0.0129 e. The van der Waals surface area contributed by atoms with Crippen molar-refractivity contribution in [1.82, 2.24) is 0 Å². The lowest BCUT2D eigenvalue weighted by Crippen LogP contribution is -2.13. The smallest absolute Gasteiger partial charge is 0.0129 e. The van der Waals surface area contributed by atoms with Crippen LogP contribution in [-0.2, 0) is 5.41 Å². The summed E-state index contributed by atoms with van der Waals surface area (Å²) in [4.78, 5) is 0. The third kappa shape index (κ3) is 2.41. The average Bonchev–Trinajstić information content (AvgIpc) is 2.29. The molecule has 0 aliphatic carbocycles. The summed E-state index contributed by atoms with van der Waals surface area (Å²) < 4.78 is 0. The molecular weight excluding hydrogens is 204 g/mol. The van der Waals surface area contributed by atoms with Gasteiger partial charge >= 0.3 is 0 Å². The molecular formula is C17H20. The first kappa shape index (κ1) is 11.9. The average molecular weight is 224 g/mol. The van der Waals surface area contributed by atoms with Crippen molar-refractivity contribution in [2.75, 3.05) is 0 Å². The van der Waals surface area contributed by atoms with Crippen LogP contribution in [0.15, 0.2) is 48.5 Å². The molecule has 0 saturated carbocycles. The summed E-state index contributed by atoms with van der Waals surface area (Å²) in [5.41, 5.74) is 5.67. The highest BCUT2D eigenvalue weighted by Gasteiger charge is 2.17. The van der Waals surface area contributed by atoms with E-state index in [9.17, 15) is 0 Å². The SMILES string of the molecule is Cc1c(-c2ccccc2)cccc1C(C)(C)C. The van der Waals surface area contributed by atoms with Gasteiger partial charge in [-0.2, -0.15) is 0 Å². The summed E-state index contributed by atoms with van der Waals surface area (Å²) in [5.74, 6) is 0. The summed E-state index contributed by atoms with van der Waals surface area (Å²) in [6.07, 6.45) is 0. The van der Waals surface area contributed by atoms with Gasteiger partial charge in [-0.05, 0) is 34.6 Å². The lowest BCUT2D eigenvalue weighted by atomic mass is 9.81. The largest absolute Gasteiger partial charge is 0.0622 e. The Kier molecular flexibility index (Phi) is 3.06. The molecule has 17 heavy (non-hydrogen) atoms. The van der Waals surface area contributed by atoms with E-state index in [0.717, 1.165) is 0 Å². The van der Waals surface area contributed by atoms with Crippen LogP contribution in [0.5, 0.6) is 0 Å². The molecule has 0 amide bonds. The van der Waals surface area contributed by atoms with E-state index in [-0.39, 0.29) is 5.41 Å². The molecule has 0 spiro atoms. The van der Waals surface area contributed by atoms with Gasteiger partial charge in [0.2, 0.25) is 0 Å². The van der Waals surface area contributed by atoms with Crippen molar-refractivity contribution < 1.29 is 0 Å². The van der Waals surface area contributed by atoms with Gasteiger partial charge in [0.1, 0.15) is 0 Å². The maximum absolute atomic E-state index is 2.27. The Morgan fingerprint density at radius 2 is 1.41 bits per heavy atom. The van der Waals surface area contributed by atoms with E-state index in [1.165, 1.54) is 22.3 Å². The summed E-state index contributed by atoms with van der Waals surface area (Å²) in [6, 6.07) is 17.2. The summed E-state index contributed by atoms with van der Waals surface area (Å²) >= 11 is 0. The monoisotopic (exact) mass is 224 g/mol. The van der Waals surface area contributed by atoms with Crippen molar-refractivity contribution in [1.29, 1.82) is 0 Å². The number of hydrogen-bond donors (Lipinski definition) is 0. The van der Waals surface area contributed by atoms with E-state index in [1.54, 1.807) is 0 Å². The topological polar surface area (TPSA) is 0 Å². The van der Waals surface area contributed by atoms with Gasteiger partial charge in [-0.3, -0.25) is 0 Å². The minimum Gasteiger partial charge on any atom is -0.0622 e. The third-order valence-electron chi connectivity index (χ3n) is 3.23. The second-order valence-corrected chi connectivity index (χ2v) is 5.59. The fourth-order valence-electron chi connectivity index (χ4n) is 2.38. The Bertz CT molecular complexity index is 501. The molecule has 0 radical (unpaired) electrons. The first-order chi connectivity index (χ1) is 8.00. The molecule has 2 aromatic carbocycles. The summed E-state index contributed by atoms with van der Waals surface area (Å²) in [5, 5.41) is 0. The van der Waals surface area contributed by atoms with Gasteiger partial charge in [0, 0.05) is 0 Å². The Labute approximate surface area is 104 Å².